The molecule has 0 radical (unpaired) electrons. The highest BCUT2D eigenvalue weighted by Crippen LogP contribution is 2.32. The van der Waals surface area contributed by atoms with Gasteiger partial charge < -0.3 is 5.73 Å². The topological polar surface area (TPSA) is 26.0 Å². The molecule has 0 aliphatic heterocycles. The summed E-state index contributed by atoms with van der Waals surface area (Å²) in [4.78, 5) is 0. The first-order valence-electron chi connectivity index (χ1n) is 11.4. The maximum Gasteiger partial charge on any atom is -0.00200 e. The molecule has 2 N–H and O–H groups in total. The van der Waals surface area contributed by atoms with Gasteiger partial charge in [0.15, 0.2) is 0 Å². The lowest BCUT2D eigenvalue weighted by Crippen LogP contribution is -2.09. The molecule has 0 spiro atoms. The first kappa shape index (κ1) is 28.5. The second-order valence-corrected chi connectivity index (χ2v) is 8.53. The number of aryl methyl sites for hydroxylation is 1. The number of allylic oxidation sites excluding steroid dienone is 1. The first-order valence-corrected chi connectivity index (χ1v) is 11.4. The van der Waals surface area contributed by atoms with Crippen molar-refractivity contribution in [2.75, 3.05) is 0 Å². The Hall–Kier alpha value is -2.46. The standard InChI is InChI=1S/C24H30.C3H8.C2H3N.CH4/c1-17(2)22-11-8-12-23(16-22)24-15-21(13-18(3)19(24)4)14-20-9-6-5-7-10-20;1-3-2;1-2-3;/h8,11-13,15-16,20H,1,5-7,9-10,14H2,2-4H3;3H2,1-2H3;1H,3H2;1H4. The van der Waals surface area contributed by atoms with Gasteiger partial charge >= 0.3 is 0 Å². The molecule has 1 heteroatoms. The van der Waals surface area contributed by atoms with Crippen molar-refractivity contribution >= 4 is 5.57 Å². The number of benzene rings is 2. The zero-order chi connectivity index (χ0) is 22.5. The molecule has 1 saturated carbocycles. The predicted molar refractivity (Wildman–Crippen MR) is 142 cm³/mol. The van der Waals surface area contributed by atoms with Crippen molar-refractivity contribution in [3.63, 3.8) is 0 Å². The van der Waals surface area contributed by atoms with E-state index in [4.69, 9.17) is 0 Å². The van der Waals surface area contributed by atoms with E-state index in [1.54, 1.807) is 6.04 Å². The zero-order valence-corrected chi connectivity index (χ0v) is 19.9. The Morgan fingerprint density at radius 3 is 2.23 bits per heavy atom. The molecule has 0 bridgehead atoms. The molecule has 0 atom stereocenters. The van der Waals surface area contributed by atoms with E-state index in [0.717, 1.165) is 11.5 Å². The van der Waals surface area contributed by atoms with Crippen LogP contribution in [0.15, 0.2) is 43.0 Å². The Kier molecular flexibility index (Phi) is 14.1. The van der Waals surface area contributed by atoms with E-state index >= 15 is 0 Å². The largest absolute Gasteiger partial charge is 0.360 e. The number of rotatable bonds is 4. The molecule has 2 aromatic carbocycles. The van der Waals surface area contributed by atoms with Gasteiger partial charge in [-0.15, -0.1) is 0 Å². The summed E-state index contributed by atoms with van der Waals surface area (Å²) in [6.45, 7) is 14.9. The zero-order valence-electron chi connectivity index (χ0n) is 19.9. The highest BCUT2D eigenvalue weighted by Gasteiger charge is 2.15. The van der Waals surface area contributed by atoms with Crippen molar-refractivity contribution < 1.29 is 0 Å². The van der Waals surface area contributed by atoms with Crippen molar-refractivity contribution in [3.05, 3.63) is 65.2 Å². The maximum absolute atomic E-state index is 4.38. The van der Waals surface area contributed by atoms with Crippen LogP contribution in [0.3, 0.4) is 0 Å². The van der Waals surface area contributed by atoms with Crippen LogP contribution >= 0.6 is 0 Å². The van der Waals surface area contributed by atoms with Crippen LogP contribution in [0.1, 0.15) is 89.0 Å². The summed E-state index contributed by atoms with van der Waals surface area (Å²) < 4.78 is 0. The van der Waals surface area contributed by atoms with Gasteiger partial charge in [0, 0.05) is 0 Å². The lowest BCUT2D eigenvalue weighted by molar-refractivity contribution is 0.356. The quantitative estimate of drug-likeness (QED) is 0.389. The van der Waals surface area contributed by atoms with Gasteiger partial charge in [-0.2, -0.15) is 0 Å². The van der Waals surface area contributed by atoms with Crippen LogP contribution in [0.5, 0.6) is 0 Å². The predicted octanol–water partition coefficient (Wildman–Crippen LogP) is 8.71. The summed E-state index contributed by atoms with van der Waals surface area (Å²) in [5, 5.41) is 0. The lowest BCUT2D eigenvalue weighted by atomic mass is 9.83. The first-order chi connectivity index (χ1) is 14.4. The fraction of sp³-hybridized carbons (Fsp3) is 0.467. The summed E-state index contributed by atoms with van der Waals surface area (Å²) in [5.74, 6) is 0.885. The van der Waals surface area contributed by atoms with Crippen molar-refractivity contribution in [1.82, 2.24) is 0 Å². The van der Waals surface area contributed by atoms with Gasteiger partial charge in [-0.3, -0.25) is 0 Å². The van der Waals surface area contributed by atoms with E-state index in [1.807, 2.05) is 0 Å². The maximum atomic E-state index is 4.38. The molecular weight excluding hydrogens is 374 g/mol. The lowest BCUT2D eigenvalue weighted by Gasteiger charge is -2.22. The highest BCUT2D eigenvalue weighted by atomic mass is 14.4. The van der Waals surface area contributed by atoms with Gasteiger partial charge in [-0.05, 0) is 78.6 Å². The third-order valence-electron chi connectivity index (χ3n) is 5.64. The molecule has 0 amide bonds. The van der Waals surface area contributed by atoms with Gasteiger partial charge in [-0.1, -0.05) is 109 Å². The van der Waals surface area contributed by atoms with Crippen molar-refractivity contribution in [2.45, 2.75) is 87.0 Å². The second-order valence-electron chi connectivity index (χ2n) is 8.53. The SMILES string of the molecule is C.C#CN.C=C(C)c1cccc(-c2cc(CC3CCCCC3)cc(C)c2C)c1.CCC. The monoisotopic (exact) mass is 419 g/mol. The summed E-state index contributed by atoms with van der Waals surface area (Å²) in [6, 6.07) is 15.4. The van der Waals surface area contributed by atoms with Gasteiger partial charge in [0.05, 0.1) is 0 Å². The van der Waals surface area contributed by atoms with Gasteiger partial charge in [0.1, 0.15) is 0 Å². The Morgan fingerprint density at radius 1 is 1.10 bits per heavy atom. The molecular formula is C30H45N. The van der Waals surface area contributed by atoms with Gasteiger partial charge in [0.2, 0.25) is 0 Å². The molecule has 0 unspecified atom stereocenters. The molecule has 1 aliphatic carbocycles. The minimum atomic E-state index is 0. The van der Waals surface area contributed by atoms with Crippen LogP contribution in [0.4, 0.5) is 0 Å². The third-order valence-corrected chi connectivity index (χ3v) is 5.64. The number of terminal acetylenes is 1. The number of hydrogen-bond donors (Lipinski definition) is 1. The van der Waals surface area contributed by atoms with E-state index in [2.05, 4.69) is 89.8 Å². The second kappa shape index (κ2) is 15.4. The normalized spacial score (nSPS) is 12.8. The summed E-state index contributed by atoms with van der Waals surface area (Å²) in [7, 11) is 0. The van der Waals surface area contributed by atoms with Gasteiger partial charge in [-0.25, -0.2) is 0 Å². The minimum Gasteiger partial charge on any atom is -0.360 e. The van der Waals surface area contributed by atoms with Gasteiger partial charge in [0.25, 0.3) is 0 Å². The Balaban J connectivity index is 0.00000116. The fourth-order valence-corrected chi connectivity index (χ4v) is 4.03. The molecule has 1 fully saturated rings. The van der Waals surface area contributed by atoms with Crippen LogP contribution in [0.2, 0.25) is 0 Å². The van der Waals surface area contributed by atoms with E-state index in [9.17, 15) is 0 Å². The van der Waals surface area contributed by atoms with Crippen LogP contribution in [0, 0.1) is 32.2 Å². The molecule has 0 heterocycles. The Bertz CT molecular complexity index is 832. The molecule has 1 nitrogen and oxygen atoms in total. The summed E-state index contributed by atoms with van der Waals surface area (Å²) in [5.41, 5.74) is 13.8. The summed E-state index contributed by atoms with van der Waals surface area (Å²) >= 11 is 0. The molecule has 2 aromatic rings. The van der Waals surface area contributed by atoms with Crippen LogP contribution in [-0.4, -0.2) is 0 Å². The smallest absolute Gasteiger partial charge is 0.00200 e. The highest BCUT2D eigenvalue weighted by molar-refractivity contribution is 5.74. The average Bonchev–Trinajstić information content (AvgIpc) is 2.72. The molecule has 3 rings (SSSR count). The van der Waals surface area contributed by atoms with E-state index in [0.29, 0.717) is 0 Å². The molecule has 0 saturated heterocycles. The summed E-state index contributed by atoms with van der Waals surface area (Å²) in [6.07, 6.45) is 14.0. The Morgan fingerprint density at radius 2 is 1.68 bits per heavy atom. The van der Waals surface area contributed by atoms with E-state index < -0.39 is 0 Å². The fourth-order valence-electron chi connectivity index (χ4n) is 4.03. The Labute approximate surface area is 193 Å². The molecule has 31 heavy (non-hydrogen) atoms. The van der Waals surface area contributed by atoms with Crippen molar-refractivity contribution in [1.29, 1.82) is 0 Å². The number of nitrogens with two attached hydrogens (primary N) is 1. The molecule has 0 aromatic heterocycles. The molecule has 170 valence electrons. The third kappa shape index (κ3) is 9.48. The van der Waals surface area contributed by atoms with Crippen LogP contribution in [-0.2, 0) is 6.42 Å². The molecule has 1 aliphatic rings. The van der Waals surface area contributed by atoms with Crippen LogP contribution in [0.25, 0.3) is 16.7 Å². The van der Waals surface area contributed by atoms with E-state index in [-0.39, 0.29) is 7.43 Å². The van der Waals surface area contributed by atoms with Crippen LogP contribution < -0.4 is 5.73 Å². The average molecular weight is 420 g/mol. The minimum absolute atomic E-state index is 0. The van der Waals surface area contributed by atoms with Crippen molar-refractivity contribution in [2.24, 2.45) is 11.7 Å². The number of hydrogen-bond acceptors (Lipinski definition) is 1. The van der Waals surface area contributed by atoms with E-state index in [1.165, 1.54) is 78.3 Å². The van der Waals surface area contributed by atoms with Crippen molar-refractivity contribution in [3.8, 4) is 23.6 Å².